The maximum atomic E-state index is 12.5. The highest BCUT2D eigenvalue weighted by Gasteiger charge is 2.28. The van der Waals surface area contributed by atoms with Gasteiger partial charge in [-0.2, -0.15) is 0 Å². The summed E-state index contributed by atoms with van der Waals surface area (Å²) in [5.41, 5.74) is 1.81. The van der Waals surface area contributed by atoms with Crippen molar-refractivity contribution in [3.05, 3.63) is 51.1 Å². The molecule has 2 heterocycles. The Kier molecular flexibility index (Phi) is 7.45. The first-order valence-corrected chi connectivity index (χ1v) is 10.7. The summed E-state index contributed by atoms with van der Waals surface area (Å²) in [6.45, 7) is 5.65. The van der Waals surface area contributed by atoms with Gasteiger partial charge in [0.1, 0.15) is 5.76 Å². The summed E-state index contributed by atoms with van der Waals surface area (Å²) in [4.78, 5) is 26.5. The predicted molar refractivity (Wildman–Crippen MR) is 118 cm³/mol. The van der Waals surface area contributed by atoms with Crippen molar-refractivity contribution >= 4 is 5.97 Å². The topological polar surface area (TPSA) is 98.4 Å². The highest BCUT2D eigenvalue weighted by atomic mass is 16.5. The second-order valence-electron chi connectivity index (χ2n) is 8.36. The van der Waals surface area contributed by atoms with E-state index in [4.69, 9.17) is 18.6 Å². The Labute approximate surface area is 187 Å². The standard InChI is InChI=1S/C24H31NO7/c1-14(2)18(11-22(27)31-5)24-23(28)19(26)10-17(32-24)13-25-7-6-15-8-20(29-3)21(30-4)9-16(15)12-25/h8-10,14,18,28H,6-7,11-13H2,1-5H3/t18-/m1/s1. The minimum absolute atomic E-state index is 0.0207. The minimum atomic E-state index is -0.513. The molecule has 0 spiro atoms. The van der Waals surface area contributed by atoms with E-state index >= 15 is 0 Å². The fourth-order valence-corrected chi connectivity index (χ4v) is 4.08. The zero-order valence-electron chi connectivity index (χ0n) is 19.3. The van der Waals surface area contributed by atoms with Crippen LogP contribution in [0.2, 0.25) is 0 Å². The molecule has 174 valence electrons. The van der Waals surface area contributed by atoms with Crippen LogP contribution >= 0.6 is 0 Å². The van der Waals surface area contributed by atoms with Crippen molar-refractivity contribution in [1.82, 2.24) is 4.90 Å². The summed E-state index contributed by atoms with van der Waals surface area (Å²) in [5, 5.41) is 10.4. The van der Waals surface area contributed by atoms with E-state index in [0.717, 1.165) is 18.5 Å². The zero-order valence-corrected chi connectivity index (χ0v) is 19.3. The van der Waals surface area contributed by atoms with Crippen LogP contribution in [-0.4, -0.2) is 43.8 Å². The van der Waals surface area contributed by atoms with Gasteiger partial charge in [-0.25, -0.2) is 0 Å². The summed E-state index contributed by atoms with van der Waals surface area (Å²) < 4.78 is 21.6. The molecule has 1 aliphatic heterocycles. The van der Waals surface area contributed by atoms with Crippen molar-refractivity contribution < 1.29 is 28.5 Å². The Bertz CT molecular complexity index is 1030. The van der Waals surface area contributed by atoms with Crippen molar-refractivity contribution in [2.45, 2.75) is 45.7 Å². The molecule has 0 aliphatic carbocycles. The van der Waals surface area contributed by atoms with E-state index in [-0.39, 0.29) is 18.1 Å². The van der Waals surface area contributed by atoms with Gasteiger partial charge in [-0.1, -0.05) is 13.8 Å². The van der Waals surface area contributed by atoms with E-state index in [0.29, 0.717) is 30.3 Å². The number of methoxy groups -OCH3 is 3. The summed E-state index contributed by atoms with van der Waals surface area (Å²) in [7, 11) is 4.54. The first kappa shape index (κ1) is 23.7. The third-order valence-corrected chi connectivity index (χ3v) is 5.93. The molecule has 8 heteroatoms. The van der Waals surface area contributed by atoms with Gasteiger partial charge >= 0.3 is 5.97 Å². The quantitative estimate of drug-likeness (QED) is 0.619. The Hall–Kier alpha value is -3.00. The van der Waals surface area contributed by atoms with E-state index < -0.39 is 23.1 Å². The molecular weight excluding hydrogens is 414 g/mol. The van der Waals surface area contributed by atoms with Gasteiger partial charge in [-0.15, -0.1) is 0 Å². The average molecular weight is 446 g/mol. The van der Waals surface area contributed by atoms with Crippen LogP contribution in [0.3, 0.4) is 0 Å². The number of carbonyl (C=O) groups excluding carboxylic acids is 1. The third kappa shape index (κ3) is 5.07. The lowest BCUT2D eigenvalue weighted by Gasteiger charge is -2.29. The largest absolute Gasteiger partial charge is 0.502 e. The van der Waals surface area contributed by atoms with E-state index in [1.54, 1.807) is 14.2 Å². The van der Waals surface area contributed by atoms with Gasteiger partial charge in [-0.05, 0) is 35.6 Å². The van der Waals surface area contributed by atoms with Crippen molar-refractivity contribution in [3.63, 3.8) is 0 Å². The van der Waals surface area contributed by atoms with Gasteiger partial charge < -0.3 is 23.7 Å². The van der Waals surface area contributed by atoms with Gasteiger partial charge in [0.15, 0.2) is 17.3 Å². The van der Waals surface area contributed by atoms with E-state index in [2.05, 4.69) is 4.90 Å². The highest BCUT2D eigenvalue weighted by Crippen LogP contribution is 2.35. The molecule has 3 rings (SSSR count). The molecule has 2 aromatic rings. The SMILES string of the molecule is COC(=O)C[C@@H](c1oc(CN2CCc3cc(OC)c(OC)cc3C2)cc(=O)c1O)C(C)C. The fourth-order valence-electron chi connectivity index (χ4n) is 4.08. The van der Waals surface area contributed by atoms with Crippen LogP contribution in [0.15, 0.2) is 27.4 Å². The molecule has 1 aromatic carbocycles. The molecule has 32 heavy (non-hydrogen) atoms. The number of benzene rings is 1. The van der Waals surface area contributed by atoms with E-state index in [1.807, 2.05) is 26.0 Å². The van der Waals surface area contributed by atoms with E-state index in [1.165, 1.54) is 18.7 Å². The van der Waals surface area contributed by atoms with Crippen molar-refractivity contribution in [2.24, 2.45) is 5.92 Å². The second kappa shape index (κ2) is 10.1. The molecule has 0 saturated heterocycles. The number of carbonyl (C=O) groups is 1. The minimum Gasteiger partial charge on any atom is -0.502 e. The smallest absolute Gasteiger partial charge is 0.306 e. The lowest BCUT2D eigenvalue weighted by molar-refractivity contribution is -0.141. The molecule has 1 N–H and O–H groups in total. The number of nitrogens with zero attached hydrogens (tertiary/aromatic N) is 1. The number of aromatic hydroxyl groups is 1. The third-order valence-electron chi connectivity index (χ3n) is 5.93. The first-order valence-electron chi connectivity index (χ1n) is 10.7. The van der Waals surface area contributed by atoms with Crippen LogP contribution < -0.4 is 14.9 Å². The Balaban J connectivity index is 1.85. The number of hydrogen-bond donors (Lipinski definition) is 1. The maximum Gasteiger partial charge on any atom is 0.306 e. The van der Waals surface area contributed by atoms with Gasteiger partial charge in [0, 0.05) is 25.1 Å². The number of rotatable bonds is 8. The summed E-state index contributed by atoms with van der Waals surface area (Å²) >= 11 is 0. The molecule has 1 aromatic heterocycles. The van der Waals surface area contributed by atoms with Crippen molar-refractivity contribution in [3.8, 4) is 17.2 Å². The molecule has 0 saturated carbocycles. The first-order chi connectivity index (χ1) is 15.3. The van der Waals surface area contributed by atoms with Gasteiger partial charge in [-0.3, -0.25) is 14.5 Å². The van der Waals surface area contributed by atoms with Crippen LogP contribution in [0.1, 0.15) is 48.8 Å². The van der Waals surface area contributed by atoms with Crippen molar-refractivity contribution in [1.29, 1.82) is 0 Å². The van der Waals surface area contributed by atoms with Crippen molar-refractivity contribution in [2.75, 3.05) is 27.9 Å². The van der Waals surface area contributed by atoms with E-state index in [9.17, 15) is 14.7 Å². The lowest BCUT2D eigenvalue weighted by Crippen LogP contribution is -2.30. The molecule has 0 unspecified atom stereocenters. The van der Waals surface area contributed by atoms with Crippen LogP contribution in [0.25, 0.3) is 0 Å². The molecule has 0 amide bonds. The Morgan fingerprint density at radius 1 is 1.12 bits per heavy atom. The summed E-state index contributed by atoms with van der Waals surface area (Å²) in [6.07, 6.45) is 0.842. The summed E-state index contributed by atoms with van der Waals surface area (Å²) in [5.74, 6) is 0.592. The maximum absolute atomic E-state index is 12.5. The molecule has 0 bridgehead atoms. The Morgan fingerprint density at radius 2 is 1.78 bits per heavy atom. The number of hydrogen-bond acceptors (Lipinski definition) is 8. The highest BCUT2D eigenvalue weighted by molar-refractivity contribution is 5.70. The van der Waals surface area contributed by atoms with Gasteiger partial charge in [0.25, 0.3) is 0 Å². The predicted octanol–water partition coefficient (Wildman–Crippen LogP) is 3.22. The van der Waals surface area contributed by atoms with Crippen LogP contribution in [-0.2, 0) is 29.0 Å². The van der Waals surface area contributed by atoms with Crippen LogP contribution in [0.5, 0.6) is 17.2 Å². The summed E-state index contributed by atoms with van der Waals surface area (Å²) in [6, 6.07) is 5.30. The molecule has 1 atom stereocenters. The zero-order chi connectivity index (χ0) is 23.4. The van der Waals surface area contributed by atoms with Crippen LogP contribution in [0, 0.1) is 5.92 Å². The molecule has 0 radical (unpaired) electrons. The average Bonchev–Trinajstić information content (AvgIpc) is 2.78. The van der Waals surface area contributed by atoms with Gasteiger partial charge in [0.05, 0.1) is 34.3 Å². The number of ether oxygens (including phenoxy) is 3. The number of esters is 1. The molecule has 8 nitrogen and oxygen atoms in total. The molecule has 0 fully saturated rings. The molecule has 1 aliphatic rings. The Morgan fingerprint density at radius 3 is 2.38 bits per heavy atom. The monoisotopic (exact) mass is 445 g/mol. The molecular formula is C24H31NO7. The second-order valence-corrected chi connectivity index (χ2v) is 8.36. The lowest BCUT2D eigenvalue weighted by atomic mass is 9.89. The number of fused-ring (bicyclic) bond motifs is 1. The van der Waals surface area contributed by atoms with Gasteiger partial charge in [0.2, 0.25) is 11.2 Å². The fraction of sp³-hybridized carbons (Fsp3) is 0.500. The normalized spacial score (nSPS) is 14.7. The van der Waals surface area contributed by atoms with Crippen LogP contribution in [0.4, 0.5) is 0 Å².